The van der Waals surface area contributed by atoms with E-state index in [2.05, 4.69) is 70.5 Å². The second kappa shape index (κ2) is 12.3. The van der Waals surface area contributed by atoms with Crippen LogP contribution in [0.2, 0.25) is 0 Å². The molecule has 2 atom stereocenters. The van der Waals surface area contributed by atoms with Gasteiger partial charge in [-0.3, -0.25) is 14.6 Å². The van der Waals surface area contributed by atoms with Crippen molar-refractivity contribution in [3.63, 3.8) is 0 Å². The lowest BCUT2D eigenvalue weighted by atomic mass is 9.93. The van der Waals surface area contributed by atoms with Gasteiger partial charge in [-0.15, -0.1) is 0 Å². The minimum absolute atomic E-state index is 0.232. The summed E-state index contributed by atoms with van der Waals surface area (Å²) in [7, 11) is 0. The zero-order valence-corrected chi connectivity index (χ0v) is 19.0. The molecule has 0 spiro atoms. The SMILES string of the molecule is O=C(CC(Cc1ccccc1)N1CCOCC1)CC(Cc1ccccc1)N1CCOCC1. The number of benzene rings is 2. The Morgan fingerprint density at radius 2 is 1.03 bits per heavy atom. The highest BCUT2D eigenvalue weighted by Crippen LogP contribution is 2.19. The van der Waals surface area contributed by atoms with Crippen molar-refractivity contribution in [1.29, 1.82) is 0 Å². The molecule has 2 saturated heterocycles. The summed E-state index contributed by atoms with van der Waals surface area (Å²) in [5.74, 6) is 0.366. The Balaban J connectivity index is 1.43. The summed E-state index contributed by atoms with van der Waals surface area (Å²) in [6.45, 7) is 6.63. The molecule has 2 heterocycles. The number of hydrogen-bond donors (Lipinski definition) is 0. The smallest absolute Gasteiger partial charge is 0.136 e. The molecular weight excluding hydrogens is 400 g/mol. The van der Waals surface area contributed by atoms with E-state index >= 15 is 0 Å². The summed E-state index contributed by atoms with van der Waals surface area (Å²) in [6.07, 6.45) is 3.02. The van der Waals surface area contributed by atoms with Gasteiger partial charge in [0.05, 0.1) is 26.4 Å². The number of carbonyl (C=O) groups excluding carboxylic acids is 1. The molecule has 2 aliphatic rings. The topological polar surface area (TPSA) is 42.0 Å². The second-order valence-corrected chi connectivity index (χ2v) is 8.93. The van der Waals surface area contributed by atoms with Gasteiger partial charge in [-0.1, -0.05) is 60.7 Å². The molecule has 2 fully saturated rings. The van der Waals surface area contributed by atoms with E-state index < -0.39 is 0 Å². The van der Waals surface area contributed by atoms with Gasteiger partial charge in [0.1, 0.15) is 5.78 Å². The predicted molar refractivity (Wildman–Crippen MR) is 127 cm³/mol. The fraction of sp³-hybridized carbons (Fsp3) is 0.519. The van der Waals surface area contributed by atoms with Crippen molar-refractivity contribution in [2.45, 2.75) is 37.8 Å². The van der Waals surface area contributed by atoms with Gasteiger partial charge in [-0.05, 0) is 24.0 Å². The number of ketones is 1. The first-order valence-electron chi connectivity index (χ1n) is 12.0. The van der Waals surface area contributed by atoms with Crippen molar-refractivity contribution < 1.29 is 14.3 Å². The van der Waals surface area contributed by atoms with Crippen LogP contribution >= 0.6 is 0 Å². The predicted octanol–water partition coefficient (Wildman–Crippen LogP) is 3.22. The highest BCUT2D eigenvalue weighted by atomic mass is 16.5. The zero-order valence-electron chi connectivity index (χ0n) is 19.0. The maximum Gasteiger partial charge on any atom is 0.136 e. The first-order valence-corrected chi connectivity index (χ1v) is 12.0. The Morgan fingerprint density at radius 3 is 1.41 bits per heavy atom. The number of hydrogen-bond acceptors (Lipinski definition) is 5. The van der Waals surface area contributed by atoms with Crippen molar-refractivity contribution >= 4 is 5.78 Å². The molecule has 0 amide bonds. The van der Waals surface area contributed by atoms with Crippen LogP contribution in [0.4, 0.5) is 0 Å². The molecule has 0 saturated carbocycles. The lowest BCUT2D eigenvalue weighted by Crippen LogP contribution is -2.47. The molecule has 2 unspecified atom stereocenters. The van der Waals surface area contributed by atoms with Crippen LogP contribution in [0.3, 0.4) is 0 Å². The highest BCUT2D eigenvalue weighted by molar-refractivity contribution is 5.79. The molecule has 32 heavy (non-hydrogen) atoms. The number of morpholine rings is 2. The average molecular weight is 437 g/mol. The van der Waals surface area contributed by atoms with E-state index in [1.54, 1.807) is 0 Å². The summed E-state index contributed by atoms with van der Waals surface area (Å²) in [5.41, 5.74) is 2.59. The van der Waals surface area contributed by atoms with Crippen LogP contribution in [-0.2, 0) is 27.1 Å². The fourth-order valence-corrected chi connectivity index (χ4v) is 4.93. The van der Waals surface area contributed by atoms with Crippen molar-refractivity contribution in [2.24, 2.45) is 0 Å². The van der Waals surface area contributed by atoms with Crippen molar-refractivity contribution in [1.82, 2.24) is 9.80 Å². The Morgan fingerprint density at radius 1 is 0.656 bits per heavy atom. The molecule has 4 rings (SSSR count). The van der Waals surface area contributed by atoms with Crippen LogP contribution < -0.4 is 0 Å². The van der Waals surface area contributed by atoms with Crippen molar-refractivity contribution in [2.75, 3.05) is 52.6 Å². The third-order valence-electron chi connectivity index (χ3n) is 6.68. The molecule has 5 heteroatoms. The lowest BCUT2D eigenvalue weighted by molar-refractivity contribution is -0.122. The number of ether oxygens (including phenoxy) is 2. The van der Waals surface area contributed by atoms with Gasteiger partial charge in [0.25, 0.3) is 0 Å². The highest BCUT2D eigenvalue weighted by Gasteiger charge is 2.28. The molecular formula is C27H36N2O3. The van der Waals surface area contributed by atoms with E-state index in [0.717, 1.165) is 65.4 Å². The van der Waals surface area contributed by atoms with Crippen molar-refractivity contribution in [3.05, 3.63) is 71.8 Å². The van der Waals surface area contributed by atoms with E-state index in [0.29, 0.717) is 18.6 Å². The van der Waals surface area contributed by atoms with E-state index in [4.69, 9.17) is 9.47 Å². The van der Waals surface area contributed by atoms with Gasteiger partial charge in [-0.2, -0.15) is 0 Å². The first kappa shape index (κ1) is 23.1. The van der Waals surface area contributed by atoms with Gasteiger partial charge < -0.3 is 9.47 Å². The third kappa shape index (κ3) is 6.97. The maximum absolute atomic E-state index is 13.4. The van der Waals surface area contributed by atoms with Crippen molar-refractivity contribution in [3.8, 4) is 0 Å². The van der Waals surface area contributed by atoms with Crippen LogP contribution in [0.25, 0.3) is 0 Å². The van der Waals surface area contributed by atoms with Gasteiger partial charge in [0, 0.05) is 51.1 Å². The lowest BCUT2D eigenvalue weighted by Gasteiger charge is -2.36. The minimum Gasteiger partial charge on any atom is -0.379 e. The van der Waals surface area contributed by atoms with E-state index in [1.165, 1.54) is 11.1 Å². The van der Waals surface area contributed by atoms with Crippen LogP contribution in [0.1, 0.15) is 24.0 Å². The summed E-state index contributed by atoms with van der Waals surface area (Å²) in [6, 6.07) is 21.6. The Hall–Kier alpha value is -2.05. The molecule has 172 valence electrons. The zero-order chi connectivity index (χ0) is 22.0. The molecule has 2 aromatic carbocycles. The fourth-order valence-electron chi connectivity index (χ4n) is 4.93. The number of nitrogens with zero attached hydrogens (tertiary/aromatic N) is 2. The van der Waals surface area contributed by atoms with Gasteiger partial charge >= 0.3 is 0 Å². The number of rotatable bonds is 10. The Kier molecular flexibility index (Phi) is 8.86. The minimum atomic E-state index is 0.232. The van der Waals surface area contributed by atoms with Gasteiger partial charge in [0.2, 0.25) is 0 Å². The summed E-state index contributed by atoms with van der Waals surface area (Å²) in [4.78, 5) is 18.3. The van der Waals surface area contributed by atoms with Crippen LogP contribution in [0, 0.1) is 0 Å². The maximum atomic E-state index is 13.4. The van der Waals surface area contributed by atoms with E-state index in [9.17, 15) is 4.79 Å². The van der Waals surface area contributed by atoms with Crippen LogP contribution in [-0.4, -0.2) is 80.3 Å². The van der Waals surface area contributed by atoms with Gasteiger partial charge in [-0.25, -0.2) is 0 Å². The van der Waals surface area contributed by atoms with E-state index in [-0.39, 0.29) is 12.1 Å². The standard InChI is InChI=1S/C27H36N2O3/c30-27(21-25(28-11-15-31-16-12-28)19-23-7-3-1-4-8-23)22-26(29-13-17-32-18-14-29)20-24-9-5-2-6-10-24/h1-10,25-26H,11-22H2. The quantitative estimate of drug-likeness (QED) is 0.572. The Bertz CT molecular complexity index is 735. The molecule has 0 radical (unpaired) electrons. The molecule has 0 N–H and O–H groups in total. The van der Waals surface area contributed by atoms with E-state index in [1.807, 2.05) is 0 Å². The third-order valence-corrected chi connectivity index (χ3v) is 6.68. The molecule has 0 aliphatic carbocycles. The molecule has 0 bridgehead atoms. The average Bonchev–Trinajstić information content (AvgIpc) is 2.86. The summed E-state index contributed by atoms with van der Waals surface area (Å²) < 4.78 is 11.1. The molecule has 2 aromatic rings. The Labute approximate surface area is 192 Å². The number of Topliss-reactive ketones (excluding diaryl/α,β-unsaturated/α-hetero) is 1. The number of carbonyl (C=O) groups is 1. The van der Waals surface area contributed by atoms with Gasteiger partial charge in [0.15, 0.2) is 0 Å². The molecule has 0 aromatic heterocycles. The first-order chi connectivity index (χ1) is 15.8. The molecule has 5 nitrogen and oxygen atoms in total. The summed E-state index contributed by atoms with van der Waals surface area (Å²) in [5, 5.41) is 0. The second-order valence-electron chi connectivity index (χ2n) is 8.93. The van der Waals surface area contributed by atoms with Crippen LogP contribution in [0.5, 0.6) is 0 Å². The normalized spacial score (nSPS) is 20.0. The largest absolute Gasteiger partial charge is 0.379 e. The van der Waals surface area contributed by atoms with Crippen LogP contribution in [0.15, 0.2) is 60.7 Å². The monoisotopic (exact) mass is 436 g/mol. The molecule has 2 aliphatic heterocycles. The summed E-state index contributed by atoms with van der Waals surface area (Å²) >= 11 is 0.